The summed E-state index contributed by atoms with van der Waals surface area (Å²) in [5, 5.41) is 12.0. The van der Waals surface area contributed by atoms with Crippen LogP contribution in [0.15, 0.2) is 18.3 Å². The Kier molecular flexibility index (Phi) is 5.13. The summed E-state index contributed by atoms with van der Waals surface area (Å²) in [5.74, 6) is 0. The number of nitrogens with zero attached hydrogens (tertiary/aromatic N) is 2. The number of carbonyl (C=O) groups is 1. The van der Waals surface area contributed by atoms with E-state index in [2.05, 4.69) is 10.3 Å². The van der Waals surface area contributed by atoms with Crippen LogP contribution in [-0.4, -0.2) is 40.7 Å². The van der Waals surface area contributed by atoms with Gasteiger partial charge in [-0.2, -0.15) is 13.2 Å². The van der Waals surface area contributed by atoms with Crippen LogP contribution in [0.5, 0.6) is 0 Å². The number of alkyl halides is 3. The van der Waals surface area contributed by atoms with Crippen LogP contribution in [0, 0.1) is 5.41 Å². The molecule has 1 aromatic rings. The summed E-state index contributed by atoms with van der Waals surface area (Å²) in [4.78, 5) is 17.0. The Morgan fingerprint density at radius 2 is 2.04 bits per heavy atom. The molecule has 5 nitrogen and oxygen atoms in total. The molecule has 0 spiro atoms. The molecular formula is C15H20F3N3O2. The highest BCUT2D eigenvalue weighted by atomic mass is 19.4. The molecular weight excluding hydrogens is 311 g/mol. The van der Waals surface area contributed by atoms with Gasteiger partial charge in [0.05, 0.1) is 11.9 Å². The van der Waals surface area contributed by atoms with Gasteiger partial charge in [-0.25, -0.2) is 9.78 Å². The Morgan fingerprint density at radius 1 is 1.39 bits per heavy atom. The summed E-state index contributed by atoms with van der Waals surface area (Å²) in [7, 11) is 0. The van der Waals surface area contributed by atoms with Gasteiger partial charge in [-0.3, -0.25) is 0 Å². The largest absolute Gasteiger partial charge is 0.433 e. The zero-order valence-electron chi connectivity index (χ0n) is 12.9. The third-order valence-corrected chi connectivity index (χ3v) is 4.50. The molecule has 2 N–H and O–H groups in total. The molecule has 1 aromatic heterocycles. The van der Waals surface area contributed by atoms with Gasteiger partial charge in [-0.1, -0.05) is 6.92 Å². The van der Waals surface area contributed by atoms with E-state index in [1.165, 1.54) is 6.07 Å². The Labute approximate surface area is 132 Å². The van der Waals surface area contributed by atoms with Crippen molar-refractivity contribution in [1.82, 2.24) is 9.88 Å². The Hall–Kier alpha value is -1.83. The molecule has 0 saturated carbocycles. The van der Waals surface area contributed by atoms with E-state index >= 15 is 0 Å². The number of urea groups is 1. The summed E-state index contributed by atoms with van der Waals surface area (Å²) < 4.78 is 37.3. The minimum absolute atomic E-state index is 0.0990. The predicted octanol–water partition coefficient (Wildman–Crippen LogP) is 3.12. The minimum atomic E-state index is -4.50. The number of hydrogen-bond acceptors (Lipinski definition) is 3. The first-order valence-electron chi connectivity index (χ1n) is 7.50. The van der Waals surface area contributed by atoms with Gasteiger partial charge in [0.2, 0.25) is 0 Å². The van der Waals surface area contributed by atoms with E-state index < -0.39 is 11.9 Å². The lowest BCUT2D eigenvalue weighted by atomic mass is 9.77. The van der Waals surface area contributed by atoms with E-state index in [0.29, 0.717) is 25.9 Å². The number of aliphatic hydroxyl groups is 1. The second-order valence-corrected chi connectivity index (χ2v) is 5.86. The summed E-state index contributed by atoms with van der Waals surface area (Å²) in [6, 6.07) is 1.65. The maximum absolute atomic E-state index is 12.4. The van der Waals surface area contributed by atoms with Crippen molar-refractivity contribution in [1.29, 1.82) is 0 Å². The van der Waals surface area contributed by atoms with E-state index in [1.54, 1.807) is 4.90 Å². The van der Waals surface area contributed by atoms with Crippen molar-refractivity contribution < 1.29 is 23.1 Å². The number of anilines is 1. The lowest BCUT2D eigenvalue weighted by Crippen LogP contribution is -2.46. The van der Waals surface area contributed by atoms with Crippen LogP contribution >= 0.6 is 0 Å². The number of nitrogens with one attached hydrogen (secondary N) is 1. The van der Waals surface area contributed by atoms with E-state index in [-0.39, 0.29) is 23.7 Å². The van der Waals surface area contributed by atoms with Gasteiger partial charge in [0, 0.05) is 19.7 Å². The van der Waals surface area contributed by atoms with Crippen LogP contribution in [0.4, 0.5) is 23.7 Å². The van der Waals surface area contributed by atoms with Gasteiger partial charge in [0.1, 0.15) is 5.69 Å². The third-order valence-electron chi connectivity index (χ3n) is 4.50. The fourth-order valence-corrected chi connectivity index (χ4v) is 2.65. The Bertz CT molecular complexity index is 532. The molecule has 0 unspecified atom stereocenters. The fraction of sp³-hybridized carbons (Fsp3) is 0.600. The molecule has 0 bridgehead atoms. The summed E-state index contributed by atoms with van der Waals surface area (Å²) in [6.45, 7) is 3.13. The number of piperidine rings is 1. The number of pyridine rings is 1. The molecule has 0 radical (unpaired) electrons. The average Bonchev–Trinajstić information content (AvgIpc) is 2.54. The molecule has 0 aromatic carbocycles. The highest BCUT2D eigenvalue weighted by Gasteiger charge is 2.34. The Morgan fingerprint density at radius 3 is 2.48 bits per heavy atom. The monoisotopic (exact) mass is 331 g/mol. The first-order valence-corrected chi connectivity index (χ1v) is 7.50. The van der Waals surface area contributed by atoms with Crippen molar-refractivity contribution >= 4 is 11.7 Å². The number of aromatic nitrogens is 1. The molecule has 2 heterocycles. The quantitative estimate of drug-likeness (QED) is 0.894. The highest BCUT2D eigenvalue weighted by Crippen LogP contribution is 2.34. The van der Waals surface area contributed by atoms with E-state index in [9.17, 15) is 23.1 Å². The van der Waals surface area contributed by atoms with Crippen LogP contribution in [0.2, 0.25) is 0 Å². The zero-order valence-corrected chi connectivity index (χ0v) is 12.9. The Balaban J connectivity index is 1.93. The molecule has 23 heavy (non-hydrogen) atoms. The van der Waals surface area contributed by atoms with Crippen molar-refractivity contribution in [2.45, 2.75) is 32.4 Å². The molecule has 1 fully saturated rings. The van der Waals surface area contributed by atoms with Crippen LogP contribution in [0.1, 0.15) is 31.9 Å². The number of likely N-dealkylation sites (tertiary alicyclic amines) is 1. The van der Waals surface area contributed by atoms with Gasteiger partial charge >= 0.3 is 12.2 Å². The van der Waals surface area contributed by atoms with Crippen molar-refractivity contribution in [2.75, 3.05) is 25.0 Å². The summed E-state index contributed by atoms with van der Waals surface area (Å²) in [6.07, 6.45) is -1.24. The van der Waals surface area contributed by atoms with Crippen LogP contribution < -0.4 is 5.32 Å². The zero-order chi connectivity index (χ0) is 17.1. The van der Waals surface area contributed by atoms with Crippen LogP contribution in [0.3, 0.4) is 0 Å². The number of rotatable bonds is 3. The highest BCUT2D eigenvalue weighted by molar-refractivity contribution is 5.89. The normalized spacial score (nSPS) is 17.9. The standard InChI is InChI=1S/C15H20F3N3O2/c1-2-14(10-22)5-7-21(8-6-14)13(23)20-11-3-4-12(19-9-11)15(16,17)18/h3-4,9,22H,2,5-8,10H2,1H3,(H,20,23). The summed E-state index contributed by atoms with van der Waals surface area (Å²) in [5.41, 5.74) is -0.909. The lowest BCUT2D eigenvalue weighted by molar-refractivity contribution is -0.141. The van der Waals surface area contributed by atoms with Gasteiger partial charge in [-0.15, -0.1) is 0 Å². The topological polar surface area (TPSA) is 65.5 Å². The number of hydrogen-bond donors (Lipinski definition) is 2. The smallest absolute Gasteiger partial charge is 0.396 e. The molecule has 2 amide bonds. The van der Waals surface area contributed by atoms with Gasteiger partial charge in [0.25, 0.3) is 0 Å². The molecule has 1 saturated heterocycles. The predicted molar refractivity (Wildman–Crippen MR) is 78.9 cm³/mol. The van der Waals surface area contributed by atoms with E-state index in [4.69, 9.17) is 0 Å². The number of carbonyl (C=O) groups excluding carboxylic acids is 1. The van der Waals surface area contributed by atoms with Crippen LogP contribution in [0.25, 0.3) is 0 Å². The van der Waals surface area contributed by atoms with Crippen molar-refractivity contribution in [3.63, 3.8) is 0 Å². The van der Waals surface area contributed by atoms with E-state index in [1.807, 2.05) is 6.92 Å². The molecule has 1 aliphatic heterocycles. The lowest BCUT2D eigenvalue weighted by Gasteiger charge is -2.40. The van der Waals surface area contributed by atoms with Gasteiger partial charge in [-0.05, 0) is 36.8 Å². The second-order valence-electron chi connectivity index (χ2n) is 5.86. The first-order chi connectivity index (χ1) is 10.8. The SMILES string of the molecule is CCC1(CO)CCN(C(=O)Nc2ccc(C(F)(F)F)nc2)CC1. The number of aliphatic hydroxyl groups excluding tert-OH is 1. The van der Waals surface area contributed by atoms with Gasteiger partial charge < -0.3 is 15.3 Å². The third kappa shape index (κ3) is 4.13. The van der Waals surface area contributed by atoms with Crippen molar-refractivity contribution in [3.05, 3.63) is 24.0 Å². The number of halogens is 3. The maximum atomic E-state index is 12.4. The molecule has 0 atom stereocenters. The molecule has 0 aliphatic carbocycles. The van der Waals surface area contributed by atoms with Gasteiger partial charge in [0.15, 0.2) is 0 Å². The van der Waals surface area contributed by atoms with Crippen molar-refractivity contribution in [3.8, 4) is 0 Å². The average molecular weight is 331 g/mol. The molecule has 128 valence electrons. The van der Waals surface area contributed by atoms with Crippen LogP contribution in [-0.2, 0) is 6.18 Å². The minimum Gasteiger partial charge on any atom is -0.396 e. The number of amides is 2. The second kappa shape index (κ2) is 6.74. The first kappa shape index (κ1) is 17.5. The molecule has 1 aliphatic rings. The van der Waals surface area contributed by atoms with E-state index in [0.717, 1.165) is 18.7 Å². The summed E-state index contributed by atoms with van der Waals surface area (Å²) >= 11 is 0. The van der Waals surface area contributed by atoms with Crippen molar-refractivity contribution in [2.24, 2.45) is 5.41 Å². The fourth-order valence-electron chi connectivity index (χ4n) is 2.65. The molecule has 2 rings (SSSR count). The molecule has 8 heteroatoms. The maximum Gasteiger partial charge on any atom is 0.433 e.